The first-order chi connectivity index (χ1) is 14.0. The van der Waals surface area contributed by atoms with Gasteiger partial charge in [0, 0.05) is 17.6 Å². The fourth-order valence-corrected chi connectivity index (χ4v) is 3.36. The predicted octanol–water partition coefficient (Wildman–Crippen LogP) is 3.76. The SMILES string of the molecule is Cc1cccc(-n2cccc2/C=C2/C(=O)NC(=O)N(c3ccccc3C)C2=O)c1. The first kappa shape index (κ1) is 18.4. The van der Waals surface area contributed by atoms with E-state index < -0.39 is 17.8 Å². The fourth-order valence-electron chi connectivity index (χ4n) is 3.36. The summed E-state index contributed by atoms with van der Waals surface area (Å²) in [5, 5.41) is 2.27. The molecule has 0 radical (unpaired) electrons. The van der Waals surface area contributed by atoms with Gasteiger partial charge in [-0.1, -0.05) is 30.3 Å². The Morgan fingerprint density at radius 2 is 1.69 bits per heavy atom. The van der Waals surface area contributed by atoms with Crippen LogP contribution in [0, 0.1) is 13.8 Å². The molecule has 1 N–H and O–H groups in total. The van der Waals surface area contributed by atoms with Crippen molar-refractivity contribution in [1.29, 1.82) is 0 Å². The van der Waals surface area contributed by atoms with Crippen LogP contribution < -0.4 is 10.2 Å². The summed E-state index contributed by atoms with van der Waals surface area (Å²) in [7, 11) is 0. The molecule has 0 unspecified atom stereocenters. The van der Waals surface area contributed by atoms with Crippen LogP contribution in [0.2, 0.25) is 0 Å². The molecule has 1 aliphatic rings. The summed E-state index contributed by atoms with van der Waals surface area (Å²) in [5.41, 5.74) is 3.78. The number of nitrogens with one attached hydrogen (secondary N) is 1. The summed E-state index contributed by atoms with van der Waals surface area (Å²) >= 11 is 0. The number of carbonyl (C=O) groups is 3. The number of benzene rings is 2. The molecule has 0 saturated carbocycles. The molecule has 144 valence electrons. The fraction of sp³-hybridized carbons (Fsp3) is 0.0870. The zero-order chi connectivity index (χ0) is 20.5. The second-order valence-electron chi connectivity index (χ2n) is 6.89. The number of aryl methyl sites for hydroxylation is 2. The third-order valence-electron chi connectivity index (χ3n) is 4.81. The van der Waals surface area contributed by atoms with E-state index in [0.29, 0.717) is 11.4 Å². The summed E-state index contributed by atoms with van der Waals surface area (Å²) in [6.07, 6.45) is 3.37. The third kappa shape index (κ3) is 3.36. The number of anilines is 1. The Morgan fingerprint density at radius 3 is 2.45 bits per heavy atom. The minimum absolute atomic E-state index is 0.0968. The average molecular weight is 385 g/mol. The van der Waals surface area contributed by atoms with Crippen LogP contribution in [0.15, 0.2) is 72.4 Å². The lowest BCUT2D eigenvalue weighted by Gasteiger charge is -2.27. The van der Waals surface area contributed by atoms with E-state index in [2.05, 4.69) is 5.32 Å². The molecule has 29 heavy (non-hydrogen) atoms. The van der Waals surface area contributed by atoms with E-state index >= 15 is 0 Å². The van der Waals surface area contributed by atoms with Crippen LogP contribution in [0.5, 0.6) is 0 Å². The highest BCUT2D eigenvalue weighted by Gasteiger charge is 2.37. The standard InChI is InChI=1S/C23H19N3O3/c1-15-7-5-9-17(13-15)25-12-6-10-18(25)14-19-21(27)24-23(29)26(22(19)28)20-11-4-3-8-16(20)2/h3-14H,1-2H3,(H,24,27,29)/b19-14-. The topological polar surface area (TPSA) is 71.4 Å². The van der Waals surface area contributed by atoms with Gasteiger partial charge < -0.3 is 4.57 Å². The molecule has 1 saturated heterocycles. The summed E-state index contributed by atoms with van der Waals surface area (Å²) in [5.74, 6) is -1.35. The van der Waals surface area contributed by atoms with Crippen molar-refractivity contribution in [2.75, 3.05) is 4.90 Å². The van der Waals surface area contributed by atoms with Crippen LogP contribution in [-0.2, 0) is 9.59 Å². The van der Waals surface area contributed by atoms with Gasteiger partial charge in [-0.05, 0) is 61.4 Å². The Morgan fingerprint density at radius 1 is 0.897 bits per heavy atom. The first-order valence-corrected chi connectivity index (χ1v) is 9.17. The summed E-state index contributed by atoms with van der Waals surface area (Å²) in [6.45, 7) is 3.80. The first-order valence-electron chi connectivity index (χ1n) is 9.17. The molecular formula is C23H19N3O3. The Labute approximate surface area is 168 Å². The van der Waals surface area contributed by atoms with Crippen LogP contribution >= 0.6 is 0 Å². The molecule has 3 aromatic rings. The Hall–Kier alpha value is -3.93. The number of hydrogen-bond acceptors (Lipinski definition) is 3. The van der Waals surface area contributed by atoms with E-state index in [4.69, 9.17) is 0 Å². The highest BCUT2D eigenvalue weighted by molar-refractivity contribution is 6.39. The largest absolute Gasteiger partial charge is 0.335 e. The number of urea groups is 1. The molecule has 0 bridgehead atoms. The van der Waals surface area contributed by atoms with Crippen molar-refractivity contribution >= 4 is 29.6 Å². The van der Waals surface area contributed by atoms with E-state index in [9.17, 15) is 14.4 Å². The molecule has 0 spiro atoms. The molecule has 0 atom stereocenters. The van der Waals surface area contributed by atoms with Crippen molar-refractivity contribution in [3.63, 3.8) is 0 Å². The van der Waals surface area contributed by atoms with E-state index in [1.807, 2.05) is 60.2 Å². The number of amides is 4. The molecule has 1 aliphatic heterocycles. The Bertz CT molecular complexity index is 1170. The number of barbiturate groups is 1. The summed E-state index contributed by atoms with van der Waals surface area (Å²) < 4.78 is 1.88. The second kappa shape index (κ2) is 7.24. The third-order valence-corrected chi connectivity index (χ3v) is 4.81. The van der Waals surface area contributed by atoms with Crippen molar-refractivity contribution in [1.82, 2.24) is 9.88 Å². The number of para-hydroxylation sites is 1. The maximum Gasteiger partial charge on any atom is 0.335 e. The molecular weight excluding hydrogens is 366 g/mol. The van der Waals surface area contributed by atoms with Crippen molar-refractivity contribution in [3.8, 4) is 5.69 Å². The van der Waals surface area contributed by atoms with Gasteiger partial charge in [0.1, 0.15) is 5.57 Å². The molecule has 1 fully saturated rings. The normalized spacial score (nSPS) is 15.7. The number of nitrogens with zero attached hydrogens (tertiary/aromatic N) is 2. The van der Waals surface area contributed by atoms with Crippen LogP contribution in [0.25, 0.3) is 11.8 Å². The predicted molar refractivity (Wildman–Crippen MR) is 111 cm³/mol. The lowest BCUT2D eigenvalue weighted by atomic mass is 10.1. The Balaban J connectivity index is 1.77. The van der Waals surface area contributed by atoms with Gasteiger partial charge in [-0.2, -0.15) is 0 Å². The maximum atomic E-state index is 13.1. The lowest BCUT2D eigenvalue weighted by molar-refractivity contribution is -0.122. The van der Waals surface area contributed by atoms with Crippen LogP contribution in [0.4, 0.5) is 10.5 Å². The highest BCUT2D eigenvalue weighted by Crippen LogP contribution is 2.25. The number of rotatable bonds is 3. The van der Waals surface area contributed by atoms with Gasteiger partial charge in [-0.15, -0.1) is 0 Å². The molecule has 6 nitrogen and oxygen atoms in total. The minimum atomic E-state index is -0.750. The molecule has 4 amide bonds. The number of hydrogen-bond donors (Lipinski definition) is 1. The van der Waals surface area contributed by atoms with Gasteiger partial charge in [0.15, 0.2) is 0 Å². The van der Waals surface area contributed by atoms with Gasteiger partial charge >= 0.3 is 6.03 Å². The van der Waals surface area contributed by atoms with Crippen LogP contribution in [-0.4, -0.2) is 22.4 Å². The van der Waals surface area contributed by atoms with Gasteiger partial charge in [0.05, 0.1) is 5.69 Å². The van der Waals surface area contributed by atoms with E-state index in [0.717, 1.165) is 21.7 Å². The summed E-state index contributed by atoms with van der Waals surface area (Å²) in [6, 6.07) is 17.8. The highest BCUT2D eigenvalue weighted by atomic mass is 16.2. The molecule has 6 heteroatoms. The van der Waals surface area contributed by atoms with Gasteiger partial charge in [-0.25, -0.2) is 9.69 Å². The number of aromatic nitrogens is 1. The second-order valence-corrected chi connectivity index (χ2v) is 6.89. The Kier molecular flexibility index (Phi) is 4.60. The van der Waals surface area contributed by atoms with E-state index in [1.54, 1.807) is 25.1 Å². The summed E-state index contributed by atoms with van der Waals surface area (Å²) in [4.78, 5) is 38.9. The van der Waals surface area contributed by atoms with Gasteiger partial charge in [0.25, 0.3) is 11.8 Å². The molecule has 4 rings (SSSR count). The van der Waals surface area contributed by atoms with Crippen molar-refractivity contribution in [3.05, 3.63) is 89.3 Å². The number of imide groups is 2. The van der Waals surface area contributed by atoms with Crippen molar-refractivity contribution in [2.45, 2.75) is 13.8 Å². The minimum Gasteiger partial charge on any atom is -0.317 e. The lowest BCUT2D eigenvalue weighted by Crippen LogP contribution is -2.54. The van der Waals surface area contributed by atoms with Crippen molar-refractivity contribution in [2.24, 2.45) is 0 Å². The van der Waals surface area contributed by atoms with E-state index in [1.165, 1.54) is 6.08 Å². The smallest absolute Gasteiger partial charge is 0.317 e. The van der Waals surface area contributed by atoms with Crippen LogP contribution in [0.3, 0.4) is 0 Å². The monoisotopic (exact) mass is 385 g/mol. The molecule has 2 heterocycles. The van der Waals surface area contributed by atoms with Crippen LogP contribution in [0.1, 0.15) is 16.8 Å². The van der Waals surface area contributed by atoms with Gasteiger partial charge in [0.2, 0.25) is 0 Å². The number of carbonyl (C=O) groups excluding carboxylic acids is 3. The zero-order valence-electron chi connectivity index (χ0n) is 16.0. The quantitative estimate of drug-likeness (QED) is 0.551. The van der Waals surface area contributed by atoms with Crippen molar-refractivity contribution < 1.29 is 14.4 Å². The maximum absolute atomic E-state index is 13.1. The molecule has 1 aromatic heterocycles. The zero-order valence-corrected chi connectivity index (χ0v) is 16.0. The average Bonchev–Trinajstić information content (AvgIpc) is 3.15. The molecule has 2 aromatic carbocycles. The van der Waals surface area contributed by atoms with Gasteiger partial charge in [-0.3, -0.25) is 14.9 Å². The molecule has 0 aliphatic carbocycles. The van der Waals surface area contributed by atoms with E-state index in [-0.39, 0.29) is 5.57 Å².